The maximum absolute atomic E-state index is 12.3. The molecule has 0 aromatic heterocycles. The number of carbonyl (C=O) groups excluding carboxylic acids is 1. The minimum Gasteiger partial charge on any atom is -0.385 e. The maximum atomic E-state index is 12.3. The fraction of sp³-hybridized carbons (Fsp3) is 0.235. The van der Waals surface area contributed by atoms with Gasteiger partial charge < -0.3 is 10.6 Å². The number of hydrogen-bond donors (Lipinski definition) is 2. The number of rotatable bonds is 5. The highest BCUT2D eigenvalue weighted by Crippen LogP contribution is 2.19. The quantitative estimate of drug-likeness (QED) is 0.839. The number of amides is 1. The van der Waals surface area contributed by atoms with Crippen molar-refractivity contribution < 1.29 is 4.79 Å². The predicted octanol–water partition coefficient (Wildman–Crippen LogP) is 4.72. The molecule has 110 valence electrons. The Labute approximate surface area is 130 Å². The maximum Gasteiger partial charge on any atom is 0.255 e. The first-order chi connectivity index (χ1) is 10.1. The number of carbonyl (C=O) groups is 1. The highest BCUT2D eigenvalue weighted by molar-refractivity contribution is 6.31. The average Bonchev–Trinajstić information content (AvgIpc) is 2.45. The molecule has 2 aromatic rings. The van der Waals surface area contributed by atoms with Gasteiger partial charge >= 0.3 is 0 Å². The predicted molar refractivity (Wildman–Crippen MR) is 89.4 cm³/mol. The van der Waals surface area contributed by atoms with Crippen molar-refractivity contribution in [2.45, 2.75) is 20.3 Å². The van der Waals surface area contributed by atoms with E-state index in [0.29, 0.717) is 16.3 Å². The van der Waals surface area contributed by atoms with Gasteiger partial charge in [-0.25, -0.2) is 0 Å². The van der Waals surface area contributed by atoms with E-state index < -0.39 is 0 Å². The fourth-order valence-corrected chi connectivity index (χ4v) is 2.25. The van der Waals surface area contributed by atoms with Crippen molar-refractivity contribution in [3.8, 4) is 0 Å². The van der Waals surface area contributed by atoms with Gasteiger partial charge in [0.2, 0.25) is 0 Å². The van der Waals surface area contributed by atoms with E-state index in [2.05, 4.69) is 17.6 Å². The van der Waals surface area contributed by atoms with E-state index in [1.807, 2.05) is 37.3 Å². The molecule has 1 amide bonds. The van der Waals surface area contributed by atoms with Crippen molar-refractivity contribution in [1.29, 1.82) is 0 Å². The molecule has 0 radical (unpaired) electrons. The Balaban J connectivity index is 2.12. The Morgan fingerprint density at radius 3 is 2.62 bits per heavy atom. The van der Waals surface area contributed by atoms with Crippen molar-refractivity contribution in [2.24, 2.45) is 0 Å². The Kier molecular flexibility index (Phi) is 5.23. The van der Waals surface area contributed by atoms with Gasteiger partial charge in [0.1, 0.15) is 0 Å². The van der Waals surface area contributed by atoms with Crippen LogP contribution in [0, 0.1) is 6.92 Å². The van der Waals surface area contributed by atoms with Gasteiger partial charge in [0, 0.05) is 28.5 Å². The highest BCUT2D eigenvalue weighted by atomic mass is 35.5. The molecule has 0 aliphatic heterocycles. The Morgan fingerprint density at radius 2 is 1.95 bits per heavy atom. The lowest BCUT2D eigenvalue weighted by atomic mass is 10.1. The summed E-state index contributed by atoms with van der Waals surface area (Å²) < 4.78 is 0. The molecule has 2 N–H and O–H groups in total. The molecule has 0 aliphatic rings. The van der Waals surface area contributed by atoms with E-state index >= 15 is 0 Å². The third-order valence-corrected chi connectivity index (χ3v) is 3.37. The summed E-state index contributed by atoms with van der Waals surface area (Å²) in [6.45, 7) is 4.98. The lowest BCUT2D eigenvalue weighted by Crippen LogP contribution is -2.13. The summed E-state index contributed by atoms with van der Waals surface area (Å²) in [6.07, 6.45) is 1.07. The standard InChI is InChI=1S/C17H19ClN2O/c1-3-9-19-14-7-8-16(12(2)10-14)17(21)20-15-6-4-5-13(18)11-15/h4-8,10-11,19H,3,9H2,1-2H3,(H,20,21). The molecule has 0 heterocycles. The molecular formula is C17H19ClN2O. The van der Waals surface area contributed by atoms with Gasteiger partial charge in [0.05, 0.1) is 0 Å². The summed E-state index contributed by atoms with van der Waals surface area (Å²) in [4.78, 5) is 12.3. The molecule has 0 aliphatic carbocycles. The van der Waals surface area contributed by atoms with Crippen LogP contribution in [0.3, 0.4) is 0 Å². The van der Waals surface area contributed by atoms with Crippen LogP contribution in [0.25, 0.3) is 0 Å². The zero-order valence-electron chi connectivity index (χ0n) is 12.2. The van der Waals surface area contributed by atoms with Gasteiger partial charge in [-0.3, -0.25) is 4.79 Å². The SMILES string of the molecule is CCCNc1ccc(C(=O)Nc2cccc(Cl)c2)c(C)c1. The Bertz CT molecular complexity index is 640. The fourth-order valence-electron chi connectivity index (χ4n) is 2.06. The Hall–Kier alpha value is -2.00. The number of anilines is 2. The largest absolute Gasteiger partial charge is 0.385 e. The average molecular weight is 303 g/mol. The summed E-state index contributed by atoms with van der Waals surface area (Å²) >= 11 is 5.92. The molecule has 0 saturated heterocycles. The van der Waals surface area contributed by atoms with Gasteiger partial charge in [-0.1, -0.05) is 24.6 Å². The zero-order valence-corrected chi connectivity index (χ0v) is 13.0. The molecule has 0 spiro atoms. The van der Waals surface area contributed by atoms with Crippen LogP contribution in [-0.4, -0.2) is 12.5 Å². The second-order valence-electron chi connectivity index (χ2n) is 4.92. The number of halogens is 1. The topological polar surface area (TPSA) is 41.1 Å². The molecule has 2 rings (SSSR count). The molecule has 0 fully saturated rings. The first-order valence-corrected chi connectivity index (χ1v) is 7.39. The van der Waals surface area contributed by atoms with E-state index in [9.17, 15) is 4.79 Å². The van der Waals surface area contributed by atoms with Crippen molar-refractivity contribution in [3.63, 3.8) is 0 Å². The molecular weight excluding hydrogens is 284 g/mol. The second kappa shape index (κ2) is 7.14. The molecule has 3 nitrogen and oxygen atoms in total. The van der Waals surface area contributed by atoms with Gasteiger partial charge in [0.25, 0.3) is 5.91 Å². The summed E-state index contributed by atoms with van der Waals surface area (Å²) in [5.74, 6) is -0.128. The zero-order chi connectivity index (χ0) is 15.2. The molecule has 0 saturated carbocycles. The van der Waals surface area contributed by atoms with E-state index in [1.54, 1.807) is 12.1 Å². The molecule has 2 aromatic carbocycles. The number of benzene rings is 2. The van der Waals surface area contributed by atoms with Crippen LogP contribution < -0.4 is 10.6 Å². The third kappa shape index (κ3) is 4.23. The van der Waals surface area contributed by atoms with Crippen LogP contribution in [0.4, 0.5) is 11.4 Å². The number of nitrogens with one attached hydrogen (secondary N) is 2. The van der Waals surface area contributed by atoms with Crippen molar-refractivity contribution >= 4 is 28.9 Å². The van der Waals surface area contributed by atoms with E-state index in [-0.39, 0.29) is 5.91 Å². The van der Waals surface area contributed by atoms with E-state index in [0.717, 1.165) is 24.2 Å². The molecule has 0 atom stereocenters. The summed E-state index contributed by atoms with van der Waals surface area (Å²) in [6, 6.07) is 12.9. The first-order valence-electron chi connectivity index (χ1n) is 7.01. The minimum atomic E-state index is -0.128. The van der Waals surface area contributed by atoms with Gasteiger partial charge in [-0.2, -0.15) is 0 Å². The van der Waals surface area contributed by atoms with Crippen molar-refractivity contribution in [1.82, 2.24) is 0 Å². The van der Waals surface area contributed by atoms with Crippen LogP contribution in [0.15, 0.2) is 42.5 Å². The highest BCUT2D eigenvalue weighted by Gasteiger charge is 2.10. The summed E-state index contributed by atoms with van der Waals surface area (Å²) in [7, 11) is 0. The van der Waals surface area contributed by atoms with Crippen LogP contribution in [0.5, 0.6) is 0 Å². The van der Waals surface area contributed by atoms with Gasteiger partial charge in [-0.05, 0) is 55.3 Å². The summed E-state index contributed by atoms with van der Waals surface area (Å²) in [5.41, 5.74) is 3.33. The molecule has 21 heavy (non-hydrogen) atoms. The van der Waals surface area contributed by atoms with Gasteiger partial charge in [-0.15, -0.1) is 0 Å². The minimum absolute atomic E-state index is 0.128. The number of hydrogen-bond acceptors (Lipinski definition) is 2. The molecule has 0 unspecified atom stereocenters. The van der Waals surface area contributed by atoms with Gasteiger partial charge in [0.15, 0.2) is 0 Å². The van der Waals surface area contributed by atoms with Crippen LogP contribution >= 0.6 is 11.6 Å². The molecule has 4 heteroatoms. The monoisotopic (exact) mass is 302 g/mol. The number of aryl methyl sites for hydroxylation is 1. The lowest BCUT2D eigenvalue weighted by Gasteiger charge is -2.11. The van der Waals surface area contributed by atoms with Crippen LogP contribution in [-0.2, 0) is 0 Å². The Morgan fingerprint density at radius 1 is 1.14 bits per heavy atom. The van der Waals surface area contributed by atoms with Crippen molar-refractivity contribution in [2.75, 3.05) is 17.2 Å². The van der Waals surface area contributed by atoms with Crippen LogP contribution in [0.2, 0.25) is 5.02 Å². The van der Waals surface area contributed by atoms with Crippen molar-refractivity contribution in [3.05, 3.63) is 58.6 Å². The smallest absolute Gasteiger partial charge is 0.255 e. The normalized spacial score (nSPS) is 10.2. The first kappa shape index (κ1) is 15.4. The molecule has 0 bridgehead atoms. The lowest BCUT2D eigenvalue weighted by molar-refractivity contribution is 0.102. The van der Waals surface area contributed by atoms with E-state index in [1.165, 1.54) is 0 Å². The van der Waals surface area contributed by atoms with Crippen LogP contribution in [0.1, 0.15) is 29.3 Å². The van der Waals surface area contributed by atoms with E-state index in [4.69, 9.17) is 11.6 Å². The summed E-state index contributed by atoms with van der Waals surface area (Å²) in [5, 5.41) is 6.77. The third-order valence-electron chi connectivity index (χ3n) is 3.13. The second-order valence-corrected chi connectivity index (χ2v) is 5.36.